The van der Waals surface area contributed by atoms with E-state index >= 15 is 0 Å². The standard InChI is InChI=1S/C13H11BrN2S/c1-9(13-6-11(14)8-17-13)16-12-5-3-2-4-10(12)7-15/h2-6,8-9,16H,1H3. The summed E-state index contributed by atoms with van der Waals surface area (Å²) in [6.45, 7) is 2.09. The fraction of sp³-hybridized carbons (Fsp3) is 0.154. The number of nitriles is 1. The van der Waals surface area contributed by atoms with Gasteiger partial charge >= 0.3 is 0 Å². The van der Waals surface area contributed by atoms with Gasteiger partial charge in [0.1, 0.15) is 6.07 Å². The van der Waals surface area contributed by atoms with Crippen LogP contribution in [0.1, 0.15) is 23.4 Å². The lowest BCUT2D eigenvalue weighted by molar-refractivity contribution is 0.906. The van der Waals surface area contributed by atoms with E-state index in [4.69, 9.17) is 5.26 Å². The van der Waals surface area contributed by atoms with Gasteiger partial charge in [-0.3, -0.25) is 0 Å². The minimum absolute atomic E-state index is 0.195. The summed E-state index contributed by atoms with van der Waals surface area (Å²) in [5.74, 6) is 0. The largest absolute Gasteiger partial charge is 0.377 e. The van der Waals surface area contributed by atoms with E-state index in [1.807, 2.05) is 24.3 Å². The normalized spacial score (nSPS) is 11.8. The third-order valence-corrected chi connectivity index (χ3v) is 4.31. The molecule has 0 aliphatic rings. The maximum Gasteiger partial charge on any atom is 0.101 e. The highest BCUT2D eigenvalue weighted by atomic mass is 79.9. The van der Waals surface area contributed by atoms with E-state index in [-0.39, 0.29) is 6.04 Å². The number of hydrogen-bond donors (Lipinski definition) is 1. The van der Waals surface area contributed by atoms with Gasteiger partial charge in [-0.15, -0.1) is 11.3 Å². The van der Waals surface area contributed by atoms with Gasteiger partial charge in [-0.25, -0.2) is 0 Å². The zero-order chi connectivity index (χ0) is 12.3. The summed E-state index contributed by atoms with van der Waals surface area (Å²) < 4.78 is 1.10. The zero-order valence-corrected chi connectivity index (χ0v) is 11.7. The van der Waals surface area contributed by atoms with Crippen molar-refractivity contribution in [1.29, 1.82) is 5.26 Å². The van der Waals surface area contributed by atoms with Crippen LogP contribution in [-0.4, -0.2) is 0 Å². The maximum absolute atomic E-state index is 9.01. The molecule has 4 heteroatoms. The first-order valence-electron chi connectivity index (χ1n) is 5.20. The van der Waals surface area contributed by atoms with Gasteiger partial charge in [-0.05, 0) is 41.1 Å². The van der Waals surface area contributed by atoms with Crippen molar-refractivity contribution in [2.75, 3.05) is 5.32 Å². The van der Waals surface area contributed by atoms with Crippen LogP contribution in [0.2, 0.25) is 0 Å². The van der Waals surface area contributed by atoms with Crippen molar-refractivity contribution in [3.05, 3.63) is 50.6 Å². The lowest BCUT2D eigenvalue weighted by Crippen LogP contribution is -2.05. The van der Waals surface area contributed by atoms with Gasteiger partial charge in [-0.1, -0.05) is 12.1 Å². The molecule has 2 rings (SSSR count). The van der Waals surface area contributed by atoms with Crippen molar-refractivity contribution in [2.45, 2.75) is 13.0 Å². The van der Waals surface area contributed by atoms with E-state index < -0.39 is 0 Å². The minimum Gasteiger partial charge on any atom is -0.377 e. The molecule has 1 N–H and O–H groups in total. The van der Waals surface area contributed by atoms with E-state index in [1.165, 1.54) is 4.88 Å². The highest BCUT2D eigenvalue weighted by Gasteiger charge is 2.09. The lowest BCUT2D eigenvalue weighted by atomic mass is 10.1. The molecule has 1 aromatic heterocycles. The number of nitrogens with zero attached hydrogens (tertiary/aromatic N) is 1. The summed E-state index contributed by atoms with van der Waals surface area (Å²) >= 11 is 5.14. The van der Waals surface area contributed by atoms with Gasteiger partial charge in [0.05, 0.1) is 17.3 Å². The van der Waals surface area contributed by atoms with Crippen LogP contribution in [-0.2, 0) is 0 Å². The number of para-hydroxylation sites is 1. The molecule has 86 valence electrons. The predicted molar refractivity (Wildman–Crippen MR) is 75.2 cm³/mol. The summed E-state index contributed by atoms with van der Waals surface area (Å²) in [5.41, 5.74) is 1.56. The predicted octanol–water partition coefficient (Wildman–Crippen LogP) is 4.56. The molecule has 2 aromatic rings. The summed E-state index contributed by atoms with van der Waals surface area (Å²) in [6, 6.07) is 12.0. The Hall–Kier alpha value is -1.31. The highest BCUT2D eigenvalue weighted by molar-refractivity contribution is 9.10. The molecule has 2 nitrogen and oxygen atoms in total. The third-order valence-electron chi connectivity index (χ3n) is 2.43. The first-order chi connectivity index (χ1) is 8.20. The Morgan fingerprint density at radius 3 is 2.82 bits per heavy atom. The lowest BCUT2D eigenvalue weighted by Gasteiger charge is -2.14. The average molecular weight is 307 g/mol. The van der Waals surface area contributed by atoms with Gasteiger partial charge in [0.25, 0.3) is 0 Å². The number of nitrogens with one attached hydrogen (secondary N) is 1. The molecular weight excluding hydrogens is 296 g/mol. The number of hydrogen-bond acceptors (Lipinski definition) is 3. The number of benzene rings is 1. The smallest absolute Gasteiger partial charge is 0.101 e. The maximum atomic E-state index is 9.01. The molecule has 0 bridgehead atoms. The topological polar surface area (TPSA) is 35.8 Å². The van der Waals surface area contributed by atoms with Crippen LogP contribution in [0.25, 0.3) is 0 Å². The van der Waals surface area contributed by atoms with E-state index in [0.717, 1.165) is 10.2 Å². The highest BCUT2D eigenvalue weighted by Crippen LogP contribution is 2.28. The number of rotatable bonds is 3. The second-order valence-corrected chi connectivity index (χ2v) is 5.55. The number of thiophene rings is 1. The van der Waals surface area contributed by atoms with Crippen molar-refractivity contribution in [3.63, 3.8) is 0 Å². The van der Waals surface area contributed by atoms with Gasteiger partial charge in [0.15, 0.2) is 0 Å². The van der Waals surface area contributed by atoms with Crippen LogP contribution in [0.4, 0.5) is 5.69 Å². The van der Waals surface area contributed by atoms with Gasteiger partial charge in [0.2, 0.25) is 0 Å². The van der Waals surface area contributed by atoms with Gasteiger partial charge in [-0.2, -0.15) is 5.26 Å². The molecule has 1 aromatic carbocycles. The second kappa shape index (κ2) is 5.35. The van der Waals surface area contributed by atoms with Crippen molar-refractivity contribution < 1.29 is 0 Å². The van der Waals surface area contributed by atoms with E-state index in [2.05, 4.69) is 45.7 Å². The summed E-state index contributed by atoms with van der Waals surface area (Å²) in [7, 11) is 0. The first kappa shape index (κ1) is 12.2. The molecule has 0 fully saturated rings. The summed E-state index contributed by atoms with van der Waals surface area (Å²) in [6.07, 6.45) is 0. The summed E-state index contributed by atoms with van der Waals surface area (Å²) in [5, 5.41) is 14.4. The van der Waals surface area contributed by atoms with E-state index in [1.54, 1.807) is 11.3 Å². The Morgan fingerprint density at radius 1 is 1.41 bits per heavy atom. The Bertz CT molecular complexity index is 557. The van der Waals surface area contributed by atoms with Crippen LogP contribution in [0.15, 0.2) is 40.2 Å². The molecule has 0 aliphatic carbocycles. The van der Waals surface area contributed by atoms with Crippen molar-refractivity contribution in [2.24, 2.45) is 0 Å². The molecule has 17 heavy (non-hydrogen) atoms. The molecule has 1 heterocycles. The Labute approximate surface area is 113 Å². The molecule has 1 unspecified atom stereocenters. The number of halogens is 1. The Balaban J connectivity index is 2.19. The molecule has 0 radical (unpaired) electrons. The van der Waals surface area contributed by atoms with E-state index in [9.17, 15) is 0 Å². The monoisotopic (exact) mass is 306 g/mol. The van der Waals surface area contributed by atoms with Gasteiger partial charge in [0, 0.05) is 14.7 Å². The quantitative estimate of drug-likeness (QED) is 0.902. The minimum atomic E-state index is 0.195. The van der Waals surface area contributed by atoms with Crippen LogP contribution in [0, 0.1) is 11.3 Å². The van der Waals surface area contributed by atoms with Crippen LogP contribution < -0.4 is 5.32 Å². The average Bonchev–Trinajstić information content (AvgIpc) is 2.77. The van der Waals surface area contributed by atoms with Crippen molar-refractivity contribution in [3.8, 4) is 6.07 Å². The molecule has 0 saturated heterocycles. The fourth-order valence-corrected chi connectivity index (χ4v) is 3.02. The van der Waals surface area contributed by atoms with Crippen LogP contribution >= 0.6 is 27.3 Å². The first-order valence-corrected chi connectivity index (χ1v) is 6.87. The Morgan fingerprint density at radius 2 is 2.18 bits per heavy atom. The second-order valence-electron chi connectivity index (χ2n) is 3.69. The third kappa shape index (κ3) is 2.87. The summed E-state index contributed by atoms with van der Waals surface area (Å²) in [4.78, 5) is 1.24. The molecular formula is C13H11BrN2S. The van der Waals surface area contributed by atoms with E-state index in [0.29, 0.717) is 5.56 Å². The van der Waals surface area contributed by atoms with Crippen LogP contribution in [0.5, 0.6) is 0 Å². The fourth-order valence-electron chi connectivity index (χ4n) is 1.57. The molecule has 0 aliphatic heterocycles. The van der Waals surface area contributed by atoms with Crippen molar-refractivity contribution in [1.82, 2.24) is 0 Å². The Kier molecular flexibility index (Phi) is 3.82. The molecule has 0 saturated carbocycles. The zero-order valence-electron chi connectivity index (χ0n) is 9.27. The van der Waals surface area contributed by atoms with Crippen LogP contribution in [0.3, 0.4) is 0 Å². The molecule has 1 atom stereocenters. The van der Waals surface area contributed by atoms with Crippen molar-refractivity contribution >= 4 is 33.0 Å². The molecule has 0 spiro atoms. The molecule has 0 amide bonds. The SMILES string of the molecule is CC(Nc1ccccc1C#N)c1cc(Br)cs1. The number of anilines is 1. The van der Waals surface area contributed by atoms with Gasteiger partial charge < -0.3 is 5.32 Å².